The number of ether oxygens (including phenoxy) is 1. The van der Waals surface area contributed by atoms with E-state index in [4.69, 9.17) is 9.15 Å². The molecule has 1 atom stereocenters. The molecular formula is C18H25NO2. The van der Waals surface area contributed by atoms with Gasteiger partial charge in [0.2, 0.25) is 0 Å². The Kier molecular flexibility index (Phi) is 6.03. The van der Waals surface area contributed by atoms with E-state index in [-0.39, 0.29) is 6.10 Å². The summed E-state index contributed by atoms with van der Waals surface area (Å²) < 4.78 is 11.5. The zero-order valence-electron chi connectivity index (χ0n) is 13.1. The summed E-state index contributed by atoms with van der Waals surface area (Å²) in [6, 6.07) is 12.3. The number of hydrogen-bond acceptors (Lipinski definition) is 3. The number of furan rings is 1. The maximum absolute atomic E-state index is 5.95. The van der Waals surface area contributed by atoms with Crippen molar-refractivity contribution in [3.8, 4) is 0 Å². The molecule has 114 valence electrons. The first-order valence-electron chi connectivity index (χ1n) is 7.59. The van der Waals surface area contributed by atoms with Crippen LogP contribution in [0, 0.1) is 5.92 Å². The first kappa shape index (κ1) is 15.8. The van der Waals surface area contributed by atoms with Crippen molar-refractivity contribution in [1.29, 1.82) is 0 Å². The van der Waals surface area contributed by atoms with Gasteiger partial charge >= 0.3 is 0 Å². The van der Waals surface area contributed by atoms with Gasteiger partial charge in [-0.15, -0.1) is 0 Å². The maximum Gasteiger partial charge on any atom is 0.123 e. The van der Waals surface area contributed by atoms with Gasteiger partial charge in [-0.05, 0) is 31.0 Å². The summed E-state index contributed by atoms with van der Waals surface area (Å²) in [7, 11) is 0. The van der Waals surface area contributed by atoms with Crippen molar-refractivity contribution in [3.63, 3.8) is 0 Å². The molecule has 3 nitrogen and oxygen atoms in total. The van der Waals surface area contributed by atoms with Crippen molar-refractivity contribution in [3.05, 3.63) is 59.5 Å². The molecule has 1 aromatic carbocycles. The van der Waals surface area contributed by atoms with Crippen molar-refractivity contribution in [2.24, 2.45) is 5.92 Å². The first-order valence-corrected chi connectivity index (χ1v) is 7.59. The predicted octanol–water partition coefficient (Wildman–Crippen LogP) is 4.30. The molecule has 0 bridgehead atoms. The molecule has 0 saturated heterocycles. The summed E-state index contributed by atoms with van der Waals surface area (Å²) in [5.41, 5.74) is 2.31. The molecule has 3 heteroatoms. The molecule has 2 aromatic rings. The molecule has 0 amide bonds. The molecule has 0 radical (unpaired) electrons. The summed E-state index contributed by atoms with van der Waals surface area (Å²) in [5, 5.41) is 3.40. The van der Waals surface area contributed by atoms with E-state index in [2.05, 4.69) is 38.2 Å². The lowest BCUT2D eigenvalue weighted by Crippen LogP contribution is -2.19. The SMILES string of the molecule is CC(C)CNCc1occc1COC(C)c1ccccc1. The molecule has 1 N–H and O–H groups in total. The third kappa shape index (κ3) is 5.03. The normalized spacial score (nSPS) is 12.8. The number of benzene rings is 1. The second-order valence-corrected chi connectivity index (χ2v) is 5.76. The summed E-state index contributed by atoms with van der Waals surface area (Å²) in [6.45, 7) is 8.78. The molecule has 2 rings (SSSR count). The van der Waals surface area contributed by atoms with Crippen LogP contribution in [0.25, 0.3) is 0 Å². The van der Waals surface area contributed by atoms with Crippen LogP contribution in [-0.4, -0.2) is 6.54 Å². The highest BCUT2D eigenvalue weighted by Gasteiger charge is 2.10. The molecule has 0 saturated carbocycles. The average Bonchev–Trinajstić information content (AvgIpc) is 2.93. The summed E-state index contributed by atoms with van der Waals surface area (Å²) in [4.78, 5) is 0. The van der Waals surface area contributed by atoms with Crippen molar-refractivity contribution >= 4 is 0 Å². The van der Waals surface area contributed by atoms with E-state index in [1.54, 1.807) is 6.26 Å². The van der Waals surface area contributed by atoms with Gasteiger partial charge in [0, 0.05) is 5.56 Å². The van der Waals surface area contributed by atoms with Crippen LogP contribution in [0.4, 0.5) is 0 Å². The zero-order chi connectivity index (χ0) is 15.1. The van der Waals surface area contributed by atoms with Crippen LogP contribution in [0.2, 0.25) is 0 Å². The van der Waals surface area contributed by atoms with Crippen molar-refractivity contribution < 1.29 is 9.15 Å². The highest BCUT2D eigenvalue weighted by Crippen LogP contribution is 2.20. The second-order valence-electron chi connectivity index (χ2n) is 5.76. The largest absolute Gasteiger partial charge is 0.468 e. The Morgan fingerprint density at radius 2 is 1.86 bits per heavy atom. The topological polar surface area (TPSA) is 34.4 Å². The number of nitrogens with one attached hydrogen (secondary N) is 1. The van der Waals surface area contributed by atoms with Crippen LogP contribution < -0.4 is 5.32 Å². The highest BCUT2D eigenvalue weighted by molar-refractivity contribution is 5.18. The Hall–Kier alpha value is -1.58. The Bertz CT molecular complexity index is 519. The molecule has 0 fully saturated rings. The third-order valence-electron chi connectivity index (χ3n) is 3.43. The van der Waals surface area contributed by atoms with Gasteiger partial charge in [-0.3, -0.25) is 0 Å². The number of hydrogen-bond donors (Lipinski definition) is 1. The fourth-order valence-electron chi connectivity index (χ4n) is 2.16. The second kappa shape index (κ2) is 8.01. The van der Waals surface area contributed by atoms with Crippen molar-refractivity contribution in [2.45, 2.75) is 40.0 Å². The lowest BCUT2D eigenvalue weighted by atomic mass is 10.1. The molecule has 1 unspecified atom stereocenters. The highest BCUT2D eigenvalue weighted by atomic mass is 16.5. The Morgan fingerprint density at radius 1 is 1.10 bits per heavy atom. The summed E-state index contributed by atoms with van der Waals surface area (Å²) >= 11 is 0. The predicted molar refractivity (Wildman–Crippen MR) is 84.9 cm³/mol. The quantitative estimate of drug-likeness (QED) is 0.786. The van der Waals surface area contributed by atoms with E-state index in [1.807, 2.05) is 24.3 Å². The van der Waals surface area contributed by atoms with Gasteiger partial charge in [-0.25, -0.2) is 0 Å². The zero-order valence-corrected chi connectivity index (χ0v) is 13.1. The van der Waals surface area contributed by atoms with Crippen LogP contribution >= 0.6 is 0 Å². The van der Waals surface area contributed by atoms with Gasteiger partial charge < -0.3 is 14.5 Å². The van der Waals surface area contributed by atoms with E-state index in [9.17, 15) is 0 Å². The van der Waals surface area contributed by atoms with E-state index in [0.29, 0.717) is 12.5 Å². The minimum Gasteiger partial charge on any atom is -0.468 e. The van der Waals surface area contributed by atoms with Gasteiger partial charge in [0.15, 0.2) is 0 Å². The molecule has 1 heterocycles. The molecule has 0 aliphatic heterocycles. The molecule has 0 aliphatic carbocycles. The monoisotopic (exact) mass is 287 g/mol. The minimum atomic E-state index is 0.0811. The molecular weight excluding hydrogens is 262 g/mol. The summed E-state index contributed by atoms with van der Waals surface area (Å²) in [6.07, 6.45) is 1.82. The van der Waals surface area contributed by atoms with Gasteiger partial charge in [0.25, 0.3) is 0 Å². The average molecular weight is 287 g/mol. The fraction of sp³-hybridized carbons (Fsp3) is 0.444. The lowest BCUT2D eigenvalue weighted by Gasteiger charge is -2.13. The van der Waals surface area contributed by atoms with Crippen molar-refractivity contribution in [1.82, 2.24) is 5.32 Å². The van der Waals surface area contributed by atoms with Gasteiger partial charge in [-0.2, -0.15) is 0 Å². The first-order chi connectivity index (χ1) is 10.2. The Balaban J connectivity index is 1.84. The molecule has 21 heavy (non-hydrogen) atoms. The standard InChI is InChI=1S/C18H25NO2/c1-14(2)11-19-12-18-17(9-10-20-18)13-21-15(3)16-7-5-4-6-8-16/h4-10,14-15,19H,11-13H2,1-3H3. The lowest BCUT2D eigenvalue weighted by molar-refractivity contribution is 0.0516. The Morgan fingerprint density at radius 3 is 2.57 bits per heavy atom. The van der Waals surface area contributed by atoms with Crippen LogP contribution in [0.15, 0.2) is 47.1 Å². The van der Waals surface area contributed by atoms with Crippen molar-refractivity contribution in [2.75, 3.05) is 6.54 Å². The van der Waals surface area contributed by atoms with Crippen LogP contribution in [0.5, 0.6) is 0 Å². The molecule has 1 aromatic heterocycles. The van der Waals surface area contributed by atoms with Gasteiger partial charge in [0.05, 0.1) is 25.5 Å². The van der Waals surface area contributed by atoms with Crippen LogP contribution in [0.3, 0.4) is 0 Å². The van der Waals surface area contributed by atoms with E-state index in [1.165, 1.54) is 5.56 Å². The van der Waals surface area contributed by atoms with E-state index in [0.717, 1.165) is 24.4 Å². The van der Waals surface area contributed by atoms with Gasteiger partial charge in [-0.1, -0.05) is 44.2 Å². The molecule has 0 spiro atoms. The fourth-order valence-corrected chi connectivity index (χ4v) is 2.16. The number of rotatable bonds is 8. The van der Waals surface area contributed by atoms with E-state index >= 15 is 0 Å². The summed E-state index contributed by atoms with van der Waals surface area (Å²) in [5.74, 6) is 1.61. The Labute approximate surface area is 127 Å². The maximum atomic E-state index is 5.95. The molecule has 0 aliphatic rings. The van der Waals surface area contributed by atoms with Gasteiger partial charge in [0.1, 0.15) is 5.76 Å². The van der Waals surface area contributed by atoms with Crippen LogP contribution in [-0.2, 0) is 17.9 Å². The minimum absolute atomic E-state index is 0.0811. The van der Waals surface area contributed by atoms with Crippen LogP contribution in [0.1, 0.15) is 43.8 Å². The smallest absolute Gasteiger partial charge is 0.123 e. The third-order valence-corrected chi connectivity index (χ3v) is 3.43. The van der Waals surface area contributed by atoms with E-state index < -0.39 is 0 Å².